The fourth-order valence-electron chi connectivity index (χ4n) is 7.70. The molecule has 7 rings (SSSR count). The zero-order valence-electron chi connectivity index (χ0n) is 37.5. The first-order chi connectivity index (χ1) is 34.3. The number of hydrogen-bond donors (Lipinski definition) is 12. The number of aliphatic hydroxyl groups is 9. The van der Waals surface area contributed by atoms with Crippen molar-refractivity contribution < 1.29 is 123 Å². The Labute approximate surface area is 405 Å². The number of ether oxygens (including phenoxy) is 9. The Kier molecular flexibility index (Phi) is 17.0. The second-order valence-corrected chi connectivity index (χ2v) is 16.5. The molecule has 0 aromatic heterocycles. The molecule has 15 atom stereocenters. The molecule has 0 bridgehead atoms. The Bertz CT molecular complexity index is 2580. The Morgan fingerprint density at radius 2 is 1.26 bits per heavy atom. The van der Waals surface area contributed by atoms with Crippen molar-refractivity contribution in [2.45, 2.75) is 98.5 Å². The number of carbonyl (C=O) groups excluding carboxylic acids is 2. The van der Waals surface area contributed by atoms with Gasteiger partial charge in [-0.3, -0.25) is 14.4 Å². The van der Waals surface area contributed by atoms with Gasteiger partial charge in [0, 0.05) is 23.8 Å². The molecule has 2 aromatic rings. The molecule has 5 aliphatic rings. The third-order valence-electron chi connectivity index (χ3n) is 11.6. The van der Waals surface area contributed by atoms with E-state index >= 15 is 0 Å². The van der Waals surface area contributed by atoms with E-state index in [0.29, 0.717) is 5.56 Å². The summed E-state index contributed by atoms with van der Waals surface area (Å²) in [5, 5.41) is 126. The number of aromatic hydroxyl groups is 2. The van der Waals surface area contributed by atoms with E-state index < -0.39 is 147 Å². The number of aliphatic carboxylic acids is 1. The molecule has 4 heterocycles. The SMILES string of the molecule is COc1cc(C=CC(=O)OC[C@H]2O[C@@H](O[C@H]3[C@@H](Oc4cc5c(O[C@@H]6O[C@H](COC(=O)CC(=O)O)[C@@H](O)[C@H](O)[C@H]6O)cc(=O)cc-5oc4-c4ccc(O)cc4)O[C@H](CO)[C@@H](O)[C@@H]3O)[C@H](O)[C@@H](O)[C@@H]2O)ccc1O. The van der Waals surface area contributed by atoms with Crippen LogP contribution in [0.3, 0.4) is 0 Å². The van der Waals surface area contributed by atoms with Crippen molar-refractivity contribution in [2.75, 3.05) is 26.9 Å². The maximum Gasteiger partial charge on any atom is 0.330 e. The maximum absolute atomic E-state index is 13.1. The molecule has 3 saturated heterocycles. The standard InChI is InChI=1S/C46H50O26/c1-63-26-10-18(2-8-23(26)50)3-9-32(53)64-16-29-35(56)38(59)41(62)45(71-29)72-43-39(60)34(55)28(15-47)69-46(43)68-27-13-22-24(66-42(27)19-4-6-20(48)7-5-19)11-21(49)12-25(22)67-44-40(61)37(58)36(57)30(70-44)17-65-33(54)14-31(51)52/h2-13,28-30,34-41,43-48,50,55-62H,14-17H2,1H3,(H,51,52)/t28-,29-,30-,34-,35-,36-,37+,38+,39+,40-,41-,43-,44-,45+,46+/m1/s1. The number of carboxylic acids is 1. The first-order valence-electron chi connectivity index (χ1n) is 21.8. The summed E-state index contributed by atoms with van der Waals surface area (Å²) in [6, 6.07) is 12.6. The fraction of sp³-hybridized carbons (Fsp3) is 0.435. The van der Waals surface area contributed by atoms with Crippen LogP contribution in [0.1, 0.15) is 12.0 Å². The molecule has 4 aliphatic heterocycles. The summed E-state index contributed by atoms with van der Waals surface area (Å²) >= 11 is 0. The molecule has 72 heavy (non-hydrogen) atoms. The molecule has 0 radical (unpaired) electrons. The van der Waals surface area contributed by atoms with Gasteiger partial charge in [-0.15, -0.1) is 0 Å². The van der Waals surface area contributed by atoms with Crippen molar-refractivity contribution in [3.8, 4) is 51.4 Å². The second-order valence-electron chi connectivity index (χ2n) is 16.5. The van der Waals surface area contributed by atoms with Gasteiger partial charge in [0.05, 0.1) is 19.3 Å². The van der Waals surface area contributed by atoms with Gasteiger partial charge in [0.25, 0.3) is 0 Å². The predicted molar refractivity (Wildman–Crippen MR) is 234 cm³/mol. The molecule has 12 N–H and O–H groups in total. The number of carbonyl (C=O) groups is 3. The van der Waals surface area contributed by atoms with E-state index in [1.54, 1.807) is 0 Å². The molecule has 390 valence electrons. The summed E-state index contributed by atoms with van der Waals surface area (Å²) in [6.45, 7) is -2.46. The van der Waals surface area contributed by atoms with Gasteiger partial charge in [-0.05, 0) is 54.1 Å². The van der Waals surface area contributed by atoms with Gasteiger partial charge >= 0.3 is 17.9 Å². The summed E-state index contributed by atoms with van der Waals surface area (Å²) in [6.07, 6.45) is -27.2. The fourth-order valence-corrected chi connectivity index (χ4v) is 7.70. The van der Waals surface area contributed by atoms with Crippen LogP contribution >= 0.6 is 0 Å². The molecular formula is C46H50O26. The topological polar surface area (TPSA) is 407 Å². The number of rotatable bonds is 17. The normalized spacial score (nSPS) is 30.7. The summed E-state index contributed by atoms with van der Waals surface area (Å²) < 4.78 is 56.5. The minimum Gasteiger partial charge on any atom is -0.508 e. The Morgan fingerprint density at radius 1 is 0.653 bits per heavy atom. The Morgan fingerprint density at radius 3 is 1.92 bits per heavy atom. The number of aliphatic hydroxyl groups excluding tert-OH is 9. The van der Waals surface area contributed by atoms with Gasteiger partial charge in [-0.1, -0.05) is 6.07 Å². The van der Waals surface area contributed by atoms with Crippen LogP contribution < -0.4 is 19.6 Å². The Balaban J connectivity index is 1.18. The molecule has 26 heteroatoms. The number of hydrogen-bond acceptors (Lipinski definition) is 25. The summed E-state index contributed by atoms with van der Waals surface area (Å²) in [5.74, 6) is -5.12. The quantitative estimate of drug-likeness (QED) is 0.0291. The largest absolute Gasteiger partial charge is 0.508 e. The van der Waals surface area contributed by atoms with Crippen LogP contribution in [0, 0.1) is 0 Å². The minimum atomic E-state index is -2.09. The lowest BCUT2D eigenvalue weighted by Gasteiger charge is -2.46. The van der Waals surface area contributed by atoms with E-state index in [2.05, 4.69) is 0 Å². The van der Waals surface area contributed by atoms with E-state index in [1.807, 2.05) is 0 Å². The Hall–Kier alpha value is -6.50. The van der Waals surface area contributed by atoms with Gasteiger partial charge < -0.3 is 108 Å². The monoisotopic (exact) mass is 1020 g/mol. The molecular weight excluding hydrogens is 968 g/mol. The van der Waals surface area contributed by atoms with E-state index in [0.717, 1.165) is 18.2 Å². The van der Waals surface area contributed by atoms with Crippen LogP contribution in [-0.2, 0) is 42.8 Å². The van der Waals surface area contributed by atoms with Crippen LogP contribution in [0.2, 0.25) is 0 Å². The van der Waals surface area contributed by atoms with E-state index in [9.17, 15) is 75.3 Å². The van der Waals surface area contributed by atoms with E-state index in [4.69, 9.17) is 52.2 Å². The number of carboxylic acid groups (broad SMARTS) is 1. The predicted octanol–water partition coefficient (Wildman–Crippen LogP) is -2.70. The highest BCUT2D eigenvalue weighted by Gasteiger charge is 2.52. The number of esters is 2. The minimum absolute atomic E-state index is 0.125. The first-order valence-corrected chi connectivity index (χ1v) is 21.8. The lowest BCUT2D eigenvalue weighted by atomic mass is 9.97. The molecule has 0 amide bonds. The van der Waals surface area contributed by atoms with Gasteiger partial charge in [-0.25, -0.2) is 4.79 Å². The van der Waals surface area contributed by atoms with E-state index in [1.165, 1.54) is 61.7 Å². The smallest absolute Gasteiger partial charge is 0.330 e. The molecule has 0 spiro atoms. The number of benzene rings is 3. The van der Waals surface area contributed by atoms with Crippen LogP contribution in [0.5, 0.6) is 28.7 Å². The first kappa shape index (κ1) is 53.3. The van der Waals surface area contributed by atoms with Crippen LogP contribution in [-0.4, -0.2) is 198 Å². The van der Waals surface area contributed by atoms with Gasteiger partial charge in [0.1, 0.15) is 104 Å². The van der Waals surface area contributed by atoms with Crippen LogP contribution in [0.4, 0.5) is 0 Å². The van der Waals surface area contributed by atoms with Gasteiger partial charge in [0.15, 0.2) is 40.8 Å². The summed E-state index contributed by atoms with van der Waals surface area (Å²) in [5.41, 5.74) is -0.293. The van der Waals surface area contributed by atoms with Crippen LogP contribution in [0.25, 0.3) is 28.7 Å². The molecule has 2 aromatic carbocycles. The van der Waals surface area contributed by atoms with Crippen molar-refractivity contribution in [3.05, 3.63) is 82.5 Å². The molecule has 0 unspecified atom stereocenters. The molecule has 0 saturated carbocycles. The van der Waals surface area contributed by atoms with Crippen molar-refractivity contribution in [3.63, 3.8) is 0 Å². The maximum atomic E-state index is 13.1. The zero-order chi connectivity index (χ0) is 52.1. The summed E-state index contributed by atoms with van der Waals surface area (Å²) in [7, 11) is 1.33. The lowest BCUT2D eigenvalue weighted by molar-refractivity contribution is -0.358. The van der Waals surface area contributed by atoms with Crippen molar-refractivity contribution in [1.82, 2.24) is 0 Å². The van der Waals surface area contributed by atoms with Crippen molar-refractivity contribution in [1.29, 1.82) is 0 Å². The van der Waals surface area contributed by atoms with Crippen molar-refractivity contribution >= 4 is 24.0 Å². The lowest BCUT2D eigenvalue weighted by Crippen LogP contribution is -2.65. The molecule has 26 nitrogen and oxygen atoms in total. The number of fused-ring (bicyclic) bond motifs is 1. The van der Waals surface area contributed by atoms with Crippen LogP contribution in [0.15, 0.2) is 76.0 Å². The highest BCUT2D eigenvalue weighted by Crippen LogP contribution is 2.43. The number of phenolic OH excluding ortho intramolecular Hbond substituents is 2. The summed E-state index contributed by atoms with van der Waals surface area (Å²) in [4.78, 5) is 48.6. The molecule has 3 fully saturated rings. The third-order valence-corrected chi connectivity index (χ3v) is 11.6. The third kappa shape index (κ3) is 12.0. The highest BCUT2D eigenvalue weighted by molar-refractivity contribution is 5.90. The number of methoxy groups -OCH3 is 1. The van der Waals surface area contributed by atoms with E-state index in [-0.39, 0.29) is 45.6 Å². The van der Waals surface area contributed by atoms with Crippen molar-refractivity contribution in [2.24, 2.45) is 0 Å². The average Bonchev–Trinajstić information content (AvgIpc) is 3.35. The average molecular weight is 1020 g/mol. The second kappa shape index (κ2) is 22.9. The molecule has 1 aliphatic carbocycles. The highest BCUT2D eigenvalue weighted by atomic mass is 16.8. The van der Waals surface area contributed by atoms with Gasteiger partial charge in [0.2, 0.25) is 12.6 Å². The van der Waals surface area contributed by atoms with Gasteiger partial charge in [-0.2, -0.15) is 0 Å². The zero-order valence-corrected chi connectivity index (χ0v) is 37.5. The number of phenols is 2.